The van der Waals surface area contributed by atoms with Crippen LogP contribution in [-0.4, -0.2) is 23.8 Å². The normalized spacial score (nSPS) is 14.0. The molecule has 0 bridgehead atoms. The maximum absolute atomic E-state index is 12.5. The molecule has 1 N–H and O–H groups in total. The van der Waals surface area contributed by atoms with E-state index in [4.69, 9.17) is 11.6 Å². The molecule has 134 valence electrons. The van der Waals surface area contributed by atoms with Gasteiger partial charge in [-0.2, -0.15) is 0 Å². The molecule has 2 aromatic carbocycles. The Labute approximate surface area is 152 Å². The molecule has 0 saturated heterocycles. The average Bonchev–Trinajstić information content (AvgIpc) is 2.54. The Morgan fingerprint density at radius 2 is 1.80 bits per heavy atom. The molecule has 7 nitrogen and oxygen atoms in total. The number of nitrogens with zero attached hydrogens (tertiary/aromatic N) is 1. The van der Waals surface area contributed by atoms with Crippen LogP contribution in [0.4, 0.5) is 5.69 Å². The molecule has 0 heterocycles. The molecule has 0 aromatic heterocycles. The lowest BCUT2D eigenvalue weighted by Gasteiger charge is -2.15. The van der Waals surface area contributed by atoms with E-state index < -0.39 is 42.4 Å². The number of hydrogen-bond acceptors (Lipinski definition) is 5. The van der Waals surface area contributed by atoms with Gasteiger partial charge in [0.1, 0.15) is 0 Å². The molecule has 10 heteroatoms. The quantitative estimate of drug-likeness (QED) is 0.590. The highest BCUT2D eigenvalue weighted by Crippen LogP contribution is 2.28. The summed E-state index contributed by atoms with van der Waals surface area (Å²) in [6, 6.07) is 9.31. The van der Waals surface area contributed by atoms with E-state index in [-0.39, 0.29) is 5.02 Å². The second kappa shape index (κ2) is 7.61. The highest BCUT2D eigenvalue weighted by molar-refractivity contribution is 7.89. The Bertz CT molecular complexity index is 929. The van der Waals surface area contributed by atoms with Gasteiger partial charge in [0.2, 0.25) is 10.0 Å². The molecule has 0 fully saturated rings. The van der Waals surface area contributed by atoms with Gasteiger partial charge in [-0.3, -0.25) is 14.3 Å². The summed E-state index contributed by atoms with van der Waals surface area (Å²) < 4.78 is 38.8. The van der Waals surface area contributed by atoms with E-state index in [1.807, 2.05) is 0 Å². The molecule has 0 saturated carbocycles. The lowest BCUT2D eigenvalue weighted by Crippen LogP contribution is -2.27. The van der Waals surface area contributed by atoms with Crippen LogP contribution in [0.1, 0.15) is 18.5 Å². The Balaban J connectivity index is 2.32. The van der Waals surface area contributed by atoms with E-state index in [2.05, 4.69) is 4.72 Å². The molecule has 0 spiro atoms. The number of benzene rings is 2. The summed E-state index contributed by atoms with van der Waals surface area (Å²) >= 11 is 5.71. The van der Waals surface area contributed by atoms with Crippen LogP contribution in [0.5, 0.6) is 0 Å². The average molecular weight is 403 g/mol. The first-order chi connectivity index (χ1) is 11.6. The van der Waals surface area contributed by atoms with Gasteiger partial charge in [0, 0.05) is 39.1 Å². The minimum Gasteiger partial charge on any atom is -0.258 e. The van der Waals surface area contributed by atoms with Crippen molar-refractivity contribution >= 4 is 38.1 Å². The zero-order valence-corrected chi connectivity index (χ0v) is 15.7. The van der Waals surface area contributed by atoms with E-state index in [1.54, 1.807) is 37.4 Å². The van der Waals surface area contributed by atoms with Crippen molar-refractivity contribution in [3.8, 4) is 0 Å². The van der Waals surface area contributed by atoms with Crippen molar-refractivity contribution in [1.29, 1.82) is 0 Å². The summed E-state index contributed by atoms with van der Waals surface area (Å²) in [5.41, 5.74) is 0.0401. The number of nitro groups is 1. The Hall–Kier alpha value is -1.81. The third-order valence-corrected chi connectivity index (χ3v) is 6.21. The second-order valence-corrected chi connectivity index (χ2v) is 8.73. The third-order valence-electron chi connectivity index (χ3n) is 3.45. The van der Waals surface area contributed by atoms with Crippen molar-refractivity contribution in [2.75, 3.05) is 6.26 Å². The van der Waals surface area contributed by atoms with Gasteiger partial charge in [0.05, 0.1) is 4.92 Å². The fourth-order valence-corrected chi connectivity index (χ4v) is 4.24. The van der Waals surface area contributed by atoms with E-state index >= 15 is 0 Å². The van der Waals surface area contributed by atoms with Crippen LogP contribution in [0.2, 0.25) is 5.02 Å². The monoisotopic (exact) mass is 402 g/mol. The number of nitro benzene ring substituents is 1. The maximum Gasteiger partial charge on any atom is 0.290 e. The molecule has 2 atom stereocenters. The van der Waals surface area contributed by atoms with Crippen molar-refractivity contribution in [2.45, 2.75) is 22.8 Å². The van der Waals surface area contributed by atoms with Crippen molar-refractivity contribution in [3.63, 3.8) is 0 Å². The van der Waals surface area contributed by atoms with Crippen molar-refractivity contribution < 1.29 is 17.6 Å². The molecule has 25 heavy (non-hydrogen) atoms. The van der Waals surface area contributed by atoms with Crippen LogP contribution in [0.15, 0.2) is 52.3 Å². The number of halogens is 1. The van der Waals surface area contributed by atoms with Gasteiger partial charge in [-0.15, -0.1) is 0 Å². The van der Waals surface area contributed by atoms with E-state index in [0.29, 0.717) is 10.5 Å². The predicted octanol–water partition coefficient (Wildman–Crippen LogP) is 3.03. The largest absolute Gasteiger partial charge is 0.290 e. The summed E-state index contributed by atoms with van der Waals surface area (Å²) in [6.07, 6.45) is 1.54. The van der Waals surface area contributed by atoms with Gasteiger partial charge in [-0.05, 0) is 36.8 Å². The molecular weight excluding hydrogens is 388 g/mol. The fourth-order valence-electron chi connectivity index (χ4n) is 2.17. The topological polar surface area (TPSA) is 106 Å². The van der Waals surface area contributed by atoms with E-state index in [1.165, 1.54) is 6.07 Å². The summed E-state index contributed by atoms with van der Waals surface area (Å²) in [6.45, 7) is 1.61. The number of nitrogens with one attached hydrogen (secondary N) is 1. The highest BCUT2D eigenvalue weighted by Gasteiger charge is 2.27. The Morgan fingerprint density at radius 1 is 1.20 bits per heavy atom. The van der Waals surface area contributed by atoms with Gasteiger partial charge in [-0.25, -0.2) is 13.1 Å². The van der Waals surface area contributed by atoms with Gasteiger partial charge in [-0.1, -0.05) is 23.7 Å². The Morgan fingerprint density at radius 3 is 2.32 bits per heavy atom. The molecular formula is C15H15ClN2O5S2. The lowest BCUT2D eigenvalue weighted by molar-refractivity contribution is -0.387. The second-order valence-electron chi connectivity index (χ2n) is 5.24. The smallest absolute Gasteiger partial charge is 0.258 e. The van der Waals surface area contributed by atoms with Crippen LogP contribution in [0, 0.1) is 10.1 Å². The summed E-state index contributed by atoms with van der Waals surface area (Å²) in [5.74, 6) is 0. The molecule has 0 amide bonds. The van der Waals surface area contributed by atoms with Crippen LogP contribution in [0.25, 0.3) is 0 Å². The number of hydrogen-bond donors (Lipinski definition) is 1. The first-order valence-electron chi connectivity index (χ1n) is 7.01. The lowest BCUT2D eigenvalue weighted by atomic mass is 10.1. The predicted molar refractivity (Wildman–Crippen MR) is 95.6 cm³/mol. The highest BCUT2D eigenvalue weighted by atomic mass is 35.5. The van der Waals surface area contributed by atoms with Crippen molar-refractivity contribution in [2.24, 2.45) is 0 Å². The minimum absolute atomic E-state index is 0.0712. The van der Waals surface area contributed by atoms with Gasteiger partial charge >= 0.3 is 0 Å². The van der Waals surface area contributed by atoms with Crippen LogP contribution in [0.3, 0.4) is 0 Å². The zero-order valence-electron chi connectivity index (χ0n) is 13.3. The minimum atomic E-state index is -4.14. The zero-order chi connectivity index (χ0) is 18.8. The van der Waals surface area contributed by atoms with Gasteiger partial charge < -0.3 is 0 Å². The van der Waals surface area contributed by atoms with Crippen LogP contribution in [-0.2, 0) is 20.8 Å². The fraction of sp³-hybridized carbons (Fsp3) is 0.200. The first kappa shape index (κ1) is 19.5. The molecule has 2 rings (SSSR count). The standard InChI is InChI=1S/C15H15ClN2O5S2/c1-10(11-3-6-13(7-4-11)24(2)21)17-25(22,23)15-8-5-12(16)9-14(15)18(19)20/h3-10,17H,1-2H3/t10-,24+/m0/s1. The molecule has 0 aliphatic carbocycles. The van der Waals surface area contributed by atoms with Gasteiger partial charge in [0.25, 0.3) is 5.69 Å². The molecule has 0 radical (unpaired) electrons. The molecule has 0 aliphatic heterocycles. The molecule has 2 aromatic rings. The number of rotatable bonds is 6. The molecule has 0 aliphatic rings. The van der Waals surface area contributed by atoms with E-state index in [9.17, 15) is 22.7 Å². The maximum atomic E-state index is 12.5. The number of sulfonamides is 1. The Kier molecular flexibility index (Phi) is 5.94. The van der Waals surface area contributed by atoms with E-state index in [0.717, 1.165) is 12.1 Å². The van der Waals surface area contributed by atoms with Crippen LogP contribution < -0.4 is 4.72 Å². The summed E-state index contributed by atoms with van der Waals surface area (Å²) in [7, 11) is -5.27. The van der Waals surface area contributed by atoms with Crippen molar-refractivity contribution in [3.05, 3.63) is 63.2 Å². The molecule has 0 unspecified atom stereocenters. The SMILES string of the molecule is C[C@H](NS(=O)(=O)c1ccc(Cl)cc1[N+](=O)[O-])c1ccc([S@@](C)=O)cc1. The third kappa shape index (κ3) is 4.63. The van der Waals surface area contributed by atoms with Gasteiger partial charge in [0.15, 0.2) is 4.90 Å². The first-order valence-corrected chi connectivity index (χ1v) is 10.4. The van der Waals surface area contributed by atoms with Crippen LogP contribution >= 0.6 is 11.6 Å². The van der Waals surface area contributed by atoms with Crippen molar-refractivity contribution in [1.82, 2.24) is 4.72 Å². The summed E-state index contributed by atoms with van der Waals surface area (Å²) in [5, 5.41) is 11.2. The summed E-state index contributed by atoms with van der Waals surface area (Å²) in [4.78, 5) is 10.5.